The highest BCUT2D eigenvalue weighted by Crippen LogP contribution is 2.21. The van der Waals surface area contributed by atoms with Gasteiger partial charge in [0.1, 0.15) is 5.69 Å². The molecule has 2 aromatic rings. The van der Waals surface area contributed by atoms with Crippen LogP contribution in [0.1, 0.15) is 41.3 Å². The lowest BCUT2D eigenvalue weighted by atomic mass is 10.2. The molecule has 0 N–H and O–H groups in total. The Bertz CT molecular complexity index is 764. The summed E-state index contributed by atoms with van der Waals surface area (Å²) in [5, 5.41) is 3.71. The zero-order valence-corrected chi connectivity index (χ0v) is 14.8. The van der Waals surface area contributed by atoms with Crippen LogP contribution in [0.25, 0.3) is 0 Å². The topological polar surface area (TPSA) is 102 Å². The van der Waals surface area contributed by atoms with Crippen LogP contribution in [0.5, 0.6) is 5.88 Å². The lowest BCUT2D eigenvalue weighted by Gasteiger charge is -2.27. The number of aromatic nitrogens is 3. The Labute approximate surface area is 150 Å². The highest BCUT2D eigenvalue weighted by Gasteiger charge is 2.34. The molecule has 138 valence electrons. The first-order valence-corrected chi connectivity index (χ1v) is 8.59. The van der Waals surface area contributed by atoms with Crippen molar-refractivity contribution in [2.45, 2.75) is 26.3 Å². The summed E-state index contributed by atoms with van der Waals surface area (Å²) in [7, 11) is 0. The molecule has 9 nitrogen and oxygen atoms in total. The first-order chi connectivity index (χ1) is 12.6. The van der Waals surface area contributed by atoms with E-state index in [1.807, 2.05) is 13.8 Å². The van der Waals surface area contributed by atoms with Gasteiger partial charge in [-0.3, -0.25) is 14.6 Å². The largest absolute Gasteiger partial charge is 0.476 e. The number of carbonyl (C=O) groups excluding carboxylic acids is 2. The van der Waals surface area contributed by atoms with Gasteiger partial charge in [0, 0.05) is 32.0 Å². The standard InChI is InChI=1S/C17H21N5O4/c1-3-22(16(23)13-10-18-6-7-19-13)12-5-8-21(11-12)17(24)14-9-15(20-26-14)25-4-2/h6-7,9-10,12H,3-5,8,11H2,1-2H3. The van der Waals surface area contributed by atoms with E-state index in [4.69, 9.17) is 9.26 Å². The van der Waals surface area contributed by atoms with Gasteiger partial charge in [-0.1, -0.05) is 0 Å². The molecule has 0 aliphatic carbocycles. The van der Waals surface area contributed by atoms with Crippen molar-refractivity contribution in [3.8, 4) is 5.88 Å². The lowest BCUT2D eigenvalue weighted by Crippen LogP contribution is -2.43. The van der Waals surface area contributed by atoms with E-state index in [0.29, 0.717) is 44.2 Å². The van der Waals surface area contributed by atoms with Crippen molar-refractivity contribution in [2.24, 2.45) is 0 Å². The molecule has 1 atom stereocenters. The summed E-state index contributed by atoms with van der Waals surface area (Å²) in [6.07, 6.45) is 5.16. The van der Waals surface area contributed by atoms with Crippen LogP contribution in [0.3, 0.4) is 0 Å². The maximum absolute atomic E-state index is 12.7. The quantitative estimate of drug-likeness (QED) is 0.764. The Kier molecular flexibility index (Phi) is 5.45. The molecular weight excluding hydrogens is 338 g/mol. The zero-order chi connectivity index (χ0) is 18.5. The van der Waals surface area contributed by atoms with Gasteiger partial charge in [-0.15, -0.1) is 0 Å². The SMILES string of the molecule is CCOc1cc(C(=O)N2CCC(N(CC)C(=O)c3cnccn3)C2)on1. The van der Waals surface area contributed by atoms with E-state index in [1.54, 1.807) is 9.80 Å². The van der Waals surface area contributed by atoms with E-state index in [1.165, 1.54) is 24.7 Å². The molecule has 2 aromatic heterocycles. The number of amides is 2. The number of hydrogen-bond donors (Lipinski definition) is 0. The molecule has 0 radical (unpaired) electrons. The van der Waals surface area contributed by atoms with Crippen molar-refractivity contribution in [1.82, 2.24) is 24.9 Å². The van der Waals surface area contributed by atoms with Crippen LogP contribution in [-0.4, -0.2) is 69.0 Å². The van der Waals surface area contributed by atoms with E-state index in [2.05, 4.69) is 15.1 Å². The normalized spacial score (nSPS) is 16.5. The fraction of sp³-hybridized carbons (Fsp3) is 0.471. The van der Waals surface area contributed by atoms with Crippen LogP contribution in [0.4, 0.5) is 0 Å². The maximum atomic E-state index is 12.7. The molecule has 1 fully saturated rings. The number of likely N-dealkylation sites (tertiary alicyclic amines) is 1. The van der Waals surface area contributed by atoms with Crippen molar-refractivity contribution in [2.75, 3.05) is 26.2 Å². The molecule has 1 unspecified atom stereocenters. The molecule has 1 aliphatic rings. The minimum Gasteiger partial charge on any atom is -0.476 e. The minimum atomic E-state index is -0.256. The first-order valence-electron chi connectivity index (χ1n) is 8.59. The molecule has 0 spiro atoms. The minimum absolute atomic E-state index is 0.0762. The van der Waals surface area contributed by atoms with E-state index >= 15 is 0 Å². The highest BCUT2D eigenvalue weighted by molar-refractivity contribution is 5.93. The van der Waals surface area contributed by atoms with E-state index in [-0.39, 0.29) is 23.6 Å². The maximum Gasteiger partial charge on any atom is 0.292 e. The Morgan fingerprint density at radius 3 is 2.92 bits per heavy atom. The predicted molar refractivity (Wildman–Crippen MR) is 90.7 cm³/mol. The van der Waals surface area contributed by atoms with E-state index in [0.717, 1.165) is 0 Å². The Hall–Kier alpha value is -2.97. The third-order valence-corrected chi connectivity index (χ3v) is 4.27. The van der Waals surface area contributed by atoms with Crippen molar-refractivity contribution in [3.05, 3.63) is 36.1 Å². The van der Waals surface area contributed by atoms with Gasteiger partial charge in [0.05, 0.1) is 24.9 Å². The summed E-state index contributed by atoms with van der Waals surface area (Å²) in [6.45, 7) is 5.68. The fourth-order valence-corrected chi connectivity index (χ4v) is 3.04. The van der Waals surface area contributed by atoms with Gasteiger partial charge in [-0.25, -0.2) is 4.98 Å². The number of nitrogens with zero attached hydrogens (tertiary/aromatic N) is 5. The van der Waals surface area contributed by atoms with Gasteiger partial charge in [0.15, 0.2) is 0 Å². The molecule has 1 aliphatic heterocycles. The molecule has 3 heterocycles. The second-order valence-corrected chi connectivity index (χ2v) is 5.84. The van der Waals surface area contributed by atoms with Gasteiger partial charge in [0.2, 0.25) is 5.76 Å². The first kappa shape index (κ1) is 17.8. The van der Waals surface area contributed by atoms with Crippen molar-refractivity contribution < 1.29 is 18.8 Å². The summed E-state index contributed by atoms with van der Waals surface area (Å²) < 4.78 is 10.3. The summed E-state index contributed by atoms with van der Waals surface area (Å²) in [5.74, 6) is -0.0100. The third kappa shape index (κ3) is 3.66. The number of ether oxygens (including phenoxy) is 1. The number of carbonyl (C=O) groups is 2. The van der Waals surface area contributed by atoms with Gasteiger partial charge < -0.3 is 19.1 Å². The fourth-order valence-electron chi connectivity index (χ4n) is 3.04. The van der Waals surface area contributed by atoms with Crippen LogP contribution in [-0.2, 0) is 0 Å². The number of rotatable bonds is 6. The van der Waals surface area contributed by atoms with Crippen LogP contribution in [0, 0.1) is 0 Å². The average molecular weight is 359 g/mol. The summed E-state index contributed by atoms with van der Waals surface area (Å²) >= 11 is 0. The van der Waals surface area contributed by atoms with E-state index < -0.39 is 0 Å². The number of hydrogen-bond acceptors (Lipinski definition) is 7. The summed E-state index contributed by atoms with van der Waals surface area (Å²) in [5.41, 5.74) is 0.302. The van der Waals surface area contributed by atoms with Crippen LogP contribution < -0.4 is 4.74 Å². The van der Waals surface area contributed by atoms with Crippen molar-refractivity contribution >= 4 is 11.8 Å². The lowest BCUT2D eigenvalue weighted by molar-refractivity contribution is 0.0650. The van der Waals surface area contributed by atoms with Gasteiger partial charge in [-0.05, 0) is 25.4 Å². The molecule has 0 bridgehead atoms. The van der Waals surface area contributed by atoms with E-state index in [9.17, 15) is 9.59 Å². The summed E-state index contributed by atoms with van der Waals surface area (Å²) in [4.78, 5) is 36.6. The zero-order valence-electron chi connectivity index (χ0n) is 14.8. The summed E-state index contributed by atoms with van der Waals surface area (Å²) in [6, 6.07) is 1.41. The molecule has 9 heteroatoms. The van der Waals surface area contributed by atoms with Crippen molar-refractivity contribution in [3.63, 3.8) is 0 Å². The van der Waals surface area contributed by atoms with Gasteiger partial charge in [-0.2, -0.15) is 0 Å². The monoisotopic (exact) mass is 359 g/mol. The van der Waals surface area contributed by atoms with Gasteiger partial charge in [0.25, 0.3) is 17.7 Å². The Balaban J connectivity index is 1.66. The average Bonchev–Trinajstić information content (AvgIpc) is 3.33. The second kappa shape index (κ2) is 7.94. The Morgan fingerprint density at radius 1 is 1.38 bits per heavy atom. The van der Waals surface area contributed by atoms with Crippen LogP contribution >= 0.6 is 0 Å². The molecule has 2 amide bonds. The van der Waals surface area contributed by atoms with Crippen molar-refractivity contribution in [1.29, 1.82) is 0 Å². The Morgan fingerprint density at radius 2 is 2.23 bits per heavy atom. The number of likely N-dealkylation sites (N-methyl/N-ethyl adjacent to an activating group) is 1. The van der Waals surface area contributed by atoms with Crippen LogP contribution in [0.15, 0.2) is 29.2 Å². The van der Waals surface area contributed by atoms with Crippen LogP contribution in [0.2, 0.25) is 0 Å². The van der Waals surface area contributed by atoms with Gasteiger partial charge >= 0.3 is 0 Å². The molecule has 0 saturated carbocycles. The third-order valence-electron chi connectivity index (χ3n) is 4.27. The molecule has 0 aromatic carbocycles. The second-order valence-electron chi connectivity index (χ2n) is 5.84. The molecule has 26 heavy (non-hydrogen) atoms. The predicted octanol–water partition coefficient (Wildman–Crippen LogP) is 1.24. The molecular formula is C17H21N5O4. The molecule has 3 rings (SSSR count). The smallest absolute Gasteiger partial charge is 0.292 e. The molecule has 1 saturated heterocycles. The highest BCUT2D eigenvalue weighted by atomic mass is 16.5.